The molecule has 0 aliphatic heterocycles. The zero-order chi connectivity index (χ0) is 6.69. The highest BCUT2D eigenvalue weighted by Gasteiger charge is 2.17. The molecule has 0 unspecified atom stereocenters. The molecule has 0 aromatic heterocycles. The van der Waals surface area contributed by atoms with Gasteiger partial charge in [-0.15, -0.1) is 0 Å². The van der Waals surface area contributed by atoms with Crippen LogP contribution in [0.2, 0.25) is 0 Å². The maximum Gasteiger partial charge on any atom is 0.0865 e. The van der Waals surface area contributed by atoms with E-state index in [2.05, 4.69) is 13.8 Å². The first-order valence-corrected chi connectivity index (χ1v) is 3.78. The smallest absolute Gasteiger partial charge is 0.0865 e. The van der Waals surface area contributed by atoms with Gasteiger partial charge in [0, 0.05) is 0 Å². The van der Waals surface area contributed by atoms with Gasteiger partial charge in [0.05, 0.1) is 12.7 Å². The van der Waals surface area contributed by atoms with Gasteiger partial charge in [0.1, 0.15) is 0 Å². The normalized spacial score (nSPS) is 20.3. The van der Waals surface area contributed by atoms with Crippen molar-refractivity contribution in [1.29, 1.82) is 0 Å². The summed E-state index contributed by atoms with van der Waals surface area (Å²) in [4.78, 5) is 0. The molecule has 1 rings (SSSR count). The second-order valence-electron chi connectivity index (χ2n) is 3.07. The zero-order valence-electron chi connectivity index (χ0n) is 6.26. The summed E-state index contributed by atoms with van der Waals surface area (Å²) in [5.41, 5.74) is 0. The Balaban J connectivity index is 1.91. The van der Waals surface area contributed by atoms with Crippen molar-refractivity contribution in [2.24, 2.45) is 5.92 Å². The molecule has 1 fully saturated rings. The average molecular weight is 127 g/mol. The Labute approximate surface area is 57.4 Å². The third kappa shape index (κ3) is 2.35. The van der Waals surface area contributed by atoms with Gasteiger partial charge in [-0.25, -0.2) is 0 Å². The van der Waals surface area contributed by atoms with E-state index in [1.807, 2.05) is 6.61 Å². The van der Waals surface area contributed by atoms with E-state index in [0.717, 1.165) is 0 Å². The molecule has 1 radical (unpaired) electrons. The fourth-order valence-corrected chi connectivity index (χ4v) is 0.775. The molecular formula is C8H15O. The van der Waals surface area contributed by atoms with Crippen LogP contribution in [0, 0.1) is 12.5 Å². The molecule has 0 aromatic carbocycles. The van der Waals surface area contributed by atoms with Crippen molar-refractivity contribution in [2.45, 2.75) is 39.2 Å². The van der Waals surface area contributed by atoms with E-state index in [-0.39, 0.29) is 0 Å². The van der Waals surface area contributed by atoms with Crippen LogP contribution < -0.4 is 0 Å². The van der Waals surface area contributed by atoms with E-state index >= 15 is 0 Å². The van der Waals surface area contributed by atoms with Gasteiger partial charge in [-0.05, 0) is 25.2 Å². The SMILES string of the molecule is CC(C)[CH]OC1CCC1. The van der Waals surface area contributed by atoms with Gasteiger partial charge < -0.3 is 4.74 Å². The zero-order valence-corrected chi connectivity index (χ0v) is 6.26. The summed E-state index contributed by atoms with van der Waals surface area (Å²) in [6.07, 6.45) is 4.45. The lowest BCUT2D eigenvalue weighted by Crippen LogP contribution is -2.21. The predicted octanol–water partition coefficient (Wildman–Crippen LogP) is 2.37. The third-order valence-corrected chi connectivity index (χ3v) is 1.60. The van der Waals surface area contributed by atoms with Gasteiger partial charge in [0.25, 0.3) is 0 Å². The van der Waals surface area contributed by atoms with Crippen molar-refractivity contribution >= 4 is 0 Å². The number of ether oxygens (including phenoxy) is 1. The molecule has 0 bridgehead atoms. The molecule has 0 aromatic rings. The van der Waals surface area contributed by atoms with Gasteiger partial charge in [-0.3, -0.25) is 0 Å². The van der Waals surface area contributed by atoms with Crippen LogP contribution in [0.25, 0.3) is 0 Å². The second kappa shape index (κ2) is 3.21. The molecule has 0 spiro atoms. The Morgan fingerprint density at radius 3 is 2.44 bits per heavy atom. The first-order chi connectivity index (χ1) is 4.29. The summed E-state index contributed by atoms with van der Waals surface area (Å²) in [5.74, 6) is 0.575. The molecule has 0 N–H and O–H groups in total. The number of rotatable bonds is 3. The molecule has 1 aliphatic carbocycles. The molecule has 1 heteroatoms. The van der Waals surface area contributed by atoms with Crippen molar-refractivity contribution in [3.8, 4) is 0 Å². The highest BCUT2D eigenvalue weighted by Crippen LogP contribution is 2.23. The van der Waals surface area contributed by atoms with Crippen molar-refractivity contribution < 1.29 is 4.74 Å². The van der Waals surface area contributed by atoms with Gasteiger partial charge >= 0.3 is 0 Å². The standard InChI is InChI=1S/C8H15O/c1-7(2)6-9-8-4-3-5-8/h6-8H,3-5H2,1-2H3. The minimum atomic E-state index is 0.562. The molecule has 1 saturated carbocycles. The van der Waals surface area contributed by atoms with Crippen LogP contribution in [0.3, 0.4) is 0 Å². The Hall–Kier alpha value is -0.0400. The van der Waals surface area contributed by atoms with Crippen molar-refractivity contribution in [3.05, 3.63) is 6.61 Å². The van der Waals surface area contributed by atoms with Crippen LogP contribution in [0.5, 0.6) is 0 Å². The summed E-state index contributed by atoms with van der Waals surface area (Å²) in [6, 6.07) is 0. The topological polar surface area (TPSA) is 9.23 Å². The minimum absolute atomic E-state index is 0.562. The predicted molar refractivity (Wildman–Crippen MR) is 37.9 cm³/mol. The van der Waals surface area contributed by atoms with E-state index in [1.165, 1.54) is 19.3 Å². The average Bonchev–Trinajstić information content (AvgIpc) is 1.60. The second-order valence-corrected chi connectivity index (χ2v) is 3.07. The quantitative estimate of drug-likeness (QED) is 0.565. The van der Waals surface area contributed by atoms with Crippen LogP contribution >= 0.6 is 0 Å². The van der Waals surface area contributed by atoms with Crippen LogP contribution in [0.15, 0.2) is 0 Å². The molecule has 0 atom stereocenters. The third-order valence-electron chi connectivity index (χ3n) is 1.60. The van der Waals surface area contributed by atoms with Crippen LogP contribution in [0.4, 0.5) is 0 Å². The van der Waals surface area contributed by atoms with Gasteiger partial charge in [-0.2, -0.15) is 0 Å². The largest absolute Gasteiger partial charge is 0.372 e. The lowest BCUT2D eigenvalue weighted by atomic mass is 9.96. The molecule has 9 heavy (non-hydrogen) atoms. The Morgan fingerprint density at radius 1 is 1.44 bits per heavy atom. The summed E-state index contributed by atoms with van der Waals surface area (Å²) >= 11 is 0. The lowest BCUT2D eigenvalue weighted by molar-refractivity contribution is 0.0316. The van der Waals surface area contributed by atoms with E-state index in [0.29, 0.717) is 12.0 Å². The Kier molecular flexibility index (Phi) is 2.52. The summed E-state index contributed by atoms with van der Waals surface area (Å²) in [6.45, 7) is 6.22. The van der Waals surface area contributed by atoms with Crippen LogP contribution in [-0.4, -0.2) is 6.10 Å². The maximum absolute atomic E-state index is 5.41. The highest BCUT2D eigenvalue weighted by molar-refractivity contribution is 4.71. The first-order valence-electron chi connectivity index (χ1n) is 3.78. The van der Waals surface area contributed by atoms with E-state index in [4.69, 9.17) is 4.74 Å². The summed E-state index contributed by atoms with van der Waals surface area (Å²) in [5, 5.41) is 0. The van der Waals surface area contributed by atoms with Gasteiger partial charge in [0.2, 0.25) is 0 Å². The maximum atomic E-state index is 5.41. The fourth-order valence-electron chi connectivity index (χ4n) is 0.775. The summed E-state index contributed by atoms with van der Waals surface area (Å²) in [7, 11) is 0. The first kappa shape index (κ1) is 7.07. The van der Waals surface area contributed by atoms with Crippen molar-refractivity contribution in [1.82, 2.24) is 0 Å². The van der Waals surface area contributed by atoms with E-state index in [1.54, 1.807) is 0 Å². The Bertz CT molecular complexity index is 74.6. The van der Waals surface area contributed by atoms with Crippen molar-refractivity contribution in [3.63, 3.8) is 0 Å². The molecule has 0 heterocycles. The van der Waals surface area contributed by atoms with Gasteiger partial charge in [-0.1, -0.05) is 13.8 Å². The molecule has 1 nitrogen and oxygen atoms in total. The van der Waals surface area contributed by atoms with E-state index < -0.39 is 0 Å². The summed E-state index contributed by atoms with van der Waals surface area (Å²) < 4.78 is 5.41. The monoisotopic (exact) mass is 127 g/mol. The Morgan fingerprint density at radius 2 is 2.11 bits per heavy atom. The van der Waals surface area contributed by atoms with Crippen LogP contribution in [0.1, 0.15) is 33.1 Å². The molecule has 0 saturated heterocycles. The fraction of sp³-hybridized carbons (Fsp3) is 0.875. The van der Waals surface area contributed by atoms with E-state index in [9.17, 15) is 0 Å². The molecule has 53 valence electrons. The lowest BCUT2D eigenvalue weighted by Gasteiger charge is -2.25. The van der Waals surface area contributed by atoms with Crippen LogP contribution in [-0.2, 0) is 4.74 Å². The molecule has 1 aliphatic rings. The molecule has 0 amide bonds. The molecular weight excluding hydrogens is 112 g/mol. The highest BCUT2D eigenvalue weighted by atomic mass is 16.5. The van der Waals surface area contributed by atoms with Gasteiger partial charge in [0.15, 0.2) is 0 Å². The number of hydrogen-bond acceptors (Lipinski definition) is 1. The minimum Gasteiger partial charge on any atom is -0.372 e. The van der Waals surface area contributed by atoms with Crippen molar-refractivity contribution in [2.75, 3.05) is 0 Å². The number of hydrogen-bond donors (Lipinski definition) is 0.